The fourth-order valence-electron chi connectivity index (χ4n) is 2.53. The molecule has 2 aromatic heterocycles. The SMILES string of the molecule is Cc1nn(C)c2ncc(C(=O)NCC(O)c3ccc(F)cc3)cc12. The topological polar surface area (TPSA) is 80.0 Å². The first kappa shape index (κ1) is 16.1. The van der Waals surface area contributed by atoms with Gasteiger partial charge in [-0.3, -0.25) is 9.48 Å². The van der Waals surface area contributed by atoms with E-state index in [9.17, 15) is 14.3 Å². The Morgan fingerprint density at radius 2 is 2.08 bits per heavy atom. The Labute approximate surface area is 137 Å². The largest absolute Gasteiger partial charge is 0.387 e. The van der Waals surface area contributed by atoms with Gasteiger partial charge >= 0.3 is 0 Å². The summed E-state index contributed by atoms with van der Waals surface area (Å²) < 4.78 is 14.5. The second kappa shape index (κ2) is 6.37. The molecule has 3 rings (SSSR count). The van der Waals surface area contributed by atoms with E-state index in [1.807, 2.05) is 6.92 Å². The van der Waals surface area contributed by atoms with Crippen molar-refractivity contribution in [3.05, 3.63) is 59.2 Å². The zero-order valence-electron chi connectivity index (χ0n) is 13.3. The summed E-state index contributed by atoms with van der Waals surface area (Å²) >= 11 is 0. The molecule has 3 aromatic rings. The van der Waals surface area contributed by atoms with Gasteiger partial charge in [-0.05, 0) is 30.7 Å². The summed E-state index contributed by atoms with van der Waals surface area (Å²) in [6.45, 7) is 1.87. The van der Waals surface area contributed by atoms with E-state index in [0.29, 0.717) is 16.8 Å². The molecule has 6 nitrogen and oxygen atoms in total. The molecular weight excluding hydrogens is 311 g/mol. The molecule has 24 heavy (non-hydrogen) atoms. The molecule has 1 amide bonds. The lowest BCUT2D eigenvalue weighted by Gasteiger charge is -2.12. The van der Waals surface area contributed by atoms with Gasteiger partial charge < -0.3 is 10.4 Å². The number of hydrogen-bond donors (Lipinski definition) is 2. The lowest BCUT2D eigenvalue weighted by atomic mass is 10.1. The molecule has 0 aliphatic carbocycles. The monoisotopic (exact) mass is 328 g/mol. The Balaban J connectivity index is 1.70. The van der Waals surface area contributed by atoms with E-state index in [4.69, 9.17) is 0 Å². The van der Waals surface area contributed by atoms with Crippen LogP contribution in [-0.4, -0.2) is 32.3 Å². The van der Waals surface area contributed by atoms with E-state index in [-0.39, 0.29) is 18.3 Å². The van der Waals surface area contributed by atoms with Crippen LogP contribution < -0.4 is 5.32 Å². The van der Waals surface area contributed by atoms with E-state index in [1.165, 1.54) is 30.5 Å². The van der Waals surface area contributed by atoms with Gasteiger partial charge in [0.15, 0.2) is 5.65 Å². The summed E-state index contributed by atoms with van der Waals surface area (Å²) in [4.78, 5) is 16.5. The number of nitrogens with one attached hydrogen (secondary N) is 1. The normalized spacial score (nSPS) is 12.3. The minimum absolute atomic E-state index is 0.0223. The van der Waals surface area contributed by atoms with Crippen LogP contribution in [-0.2, 0) is 7.05 Å². The summed E-state index contributed by atoms with van der Waals surface area (Å²) in [5.41, 5.74) is 2.43. The maximum absolute atomic E-state index is 12.9. The summed E-state index contributed by atoms with van der Waals surface area (Å²) in [7, 11) is 1.79. The zero-order valence-corrected chi connectivity index (χ0v) is 13.3. The maximum atomic E-state index is 12.9. The van der Waals surface area contributed by atoms with E-state index in [0.717, 1.165) is 11.1 Å². The van der Waals surface area contributed by atoms with Crippen LogP contribution in [0.3, 0.4) is 0 Å². The van der Waals surface area contributed by atoms with Crippen molar-refractivity contribution in [2.24, 2.45) is 7.05 Å². The summed E-state index contributed by atoms with van der Waals surface area (Å²) in [6.07, 6.45) is 0.564. The van der Waals surface area contributed by atoms with Crippen molar-refractivity contribution in [1.29, 1.82) is 0 Å². The van der Waals surface area contributed by atoms with Gasteiger partial charge in [0.25, 0.3) is 5.91 Å². The molecule has 0 fully saturated rings. The molecular formula is C17H17FN4O2. The lowest BCUT2D eigenvalue weighted by Crippen LogP contribution is -2.28. The van der Waals surface area contributed by atoms with Crippen LogP contribution in [0.15, 0.2) is 36.5 Å². The van der Waals surface area contributed by atoms with Crippen LogP contribution in [0.4, 0.5) is 4.39 Å². The highest BCUT2D eigenvalue weighted by atomic mass is 19.1. The number of fused-ring (bicyclic) bond motifs is 1. The smallest absolute Gasteiger partial charge is 0.252 e. The number of aryl methyl sites for hydroxylation is 2. The van der Waals surface area contributed by atoms with Crippen molar-refractivity contribution in [3.8, 4) is 0 Å². The molecule has 1 unspecified atom stereocenters. The Morgan fingerprint density at radius 3 is 2.79 bits per heavy atom. The van der Waals surface area contributed by atoms with Crippen molar-refractivity contribution in [2.45, 2.75) is 13.0 Å². The van der Waals surface area contributed by atoms with Gasteiger partial charge in [0, 0.05) is 25.2 Å². The van der Waals surface area contributed by atoms with Crippen LogP contribution in [0.5, 0.6) is 0 Å². The molecule has 0 aliphatic heterocycles. The van der Waals surface area contributed by atoms with Crippen LogP contribution in [0, 0.1) is 12.7 Å². The van der Waals surface area contributed by atoms with Gasteiger partial charge in [-0.2, -0.15) is 5.10 Å². The van der Waals surface area contributed by atoms with Gasteiger partial charge in [-0.25, -0.2) is 9.37 Å². The highest BCUT2D eigenvalue weighted by Crippen LogP contribution is 2.17. The number of amides is 1. The minimum atomic E-state index is -0.911. The Kier molecular flexibility index (Phi) is 4.26. The molecule has 1 aromatic carbocycles. The molecule has 0 aliphatic rings. The first-order valence-electron chi connectivity index (χ1n) is 7.47. The third-order valence-corrected chi connectivity index (χ3v) is 3.84. The van der Waals surface area contributed by atoms with Gasteiger partial charge in [-0.15, -0.1) is 0 Å². The minimum Gasteiger partial charge on any atom is -0.387 e. The van der Waals surface area contributed by atoms with E-state index < -0.39 is 6.10 Å². The Hall–Kier alpha value is -2.80. The molecule has 1 atom stereocenters. The van der Waals surface area contributed by atoms with Gasteiger partial charge in [0.2, 0.25) is 0 Å². The third-order valence-electron chi connectivity index (χ3n) is 3.84. The first-order chi connectivity index (χ1) is 11.5. The van der Waals surface area contributed by atoms with Crippen molar-refractivity contribution in [3.63, 3.8) is 0 Å². The number of aliphatic hydroxyl groups excluding tert-OH is 1. The molecule has 0 bridgehead atoms. The number of carbonyl (C=O) groups excluding carboxylic acids is 1. The number of carbonyl (C=O) groups is 1. The van der Waals surface area contributed by atoms with E-state index in [2.05, 4.69) is 15.4 Å². The summed E-state index contributed by atoms with van der Waals surface area (Å²) in [5, 5.41) is 17.8. The quantitative estimate of drug-likeness (QED) is 0.766. The zero-order chi connectivity index (χ0) is 17.3. The fraction of sp³-hybridized carbons (Fsp3) is 0.235. The third kappa shape index (κ3) is 3.11. The Morgan fingerprint density at radius 1 is 1.38 bits per heavy atom. The van der Waals surface area contributed by atoms with Crippen molar-refractivity contribution in [2.75, 3.05) is 6.54 Å². The second-order valence-corrected chi connectivity index (χ2v) is 5.58. The second-order valence-electron chi connectivity index (χ2n) is 5.58. The van der Waals surface area contributed by atoms with Crippen molar-refractivity contribution >= 4 is 16.9 Å². The maximum Gasteiger partial charge on any atom is 0.252 e. The predicted octanol–water partition coefficient (Wildman–Crippen LogP) is 1.88. The number of nitrogens with zero attached hydrogens (tertiary/aromatic N) is 3. The number of halogens is 1. The molecule has 0 saturated carbocycles. The summed E-state index contributed by atoms with van der Waals surface area (Å²) in [6, 6.07) is 7.23. The molecule has 0 spiro atoms. The molecule has 0 radical (unpaired) electrons. The van der Waals surface area contributed by atoms with Crippen LogP contribution >= 0.6 is 0 Å². The Bertz CT molecular complexity index is 889. The highest BCUT2D eigenvalue weighted by molar-refractivity contribution is 5.97. The van der Waals surface area contributed by atoms with Crippen LogP contribution in [0.25, 0.3) is 11.0 Å². The number of pyridine rings is 1. The molecule has 2 N–H and O–H groups in total. The predicted molar refractivity (Wildman–Crippen MR) is 86.9 cm³/mol. The van der Waals surface area contributed by atoms with Crippen LogP contribution in [0.2, 0.25) is 0 Å². The molecule has 2 heterocycles. The van der Waals surface area contributed by atoms with Crippen molar-refractivity contribution in [1.82, 2.24) is 20.1 Å². The number of rotatable bonds is 4. The number of hydrogen-bond acceptors (Lipinski definition) is 4. The number of benzene rings is 1. The van der Waals surface area contributed by atoms with E-state index in [1.54, 1.807) is 17.8 Å². The molecule has 0 saturated heterocycles. The van der Waals surface area contributed by atoms with Gasteiger partial charge in [0.05, 0.1) is 17.4 Å². The lowest BCUT2D eigenvalue weighted by molar-refractivity contribution is 0.0916. The van der Waals surface area contributed by atoms with Crippen LogP contribution in [0.1, 0.15) is 27.7 Å². The molecule has 7 heteroatoms. The standard InChI is InChI=1S/C17H17FN4O2/c1-10-14-7-12(8-19-16(14)22(2)21-10)17(24)20-9-15(23)11-3-5-13(18)6-4-11/h3-8,15,23H,9H2,1-2H3,(H,20,24). The fourth-order valence-corrected chi connectivity index (χ4v) is 2.53. The highest BCUT2D eigenvalue weighted by Gasteiger charge is 2.14. The van der Waals surface area contributed by atoms with Gasteiger partial charge in [-0.1, -0.05) is 12.1 Å². The number of aliphatic hydroxyl groups is 1. The summed E-state index contributed by atoms with van der Waals surface area (Å²) in [5.74, 6) is -0.713. The van der Waals surface area contributed by atoms with E-state index >= 15 is 0 Å². The van der Waals surface area contributed by atoms with Crippen molar-refractivity contribution < 1.29 is 14.3 Å². The first-order valence-corrected chi connectivity index (χ1v) is 7.47. The molecule has 124 valence electrons. The number of aromatic nitrogens is 3. The average molecular weight is 328 g/mol. The van der Waals surface area contributed by atoms with Gasteiger partial charge in [0.1, 0.15) is 5.82 Å². The average Bonchev–Trinajstić information content (AvgIpc) is 2.87.